The van der Waals surface area contributed by atoms with Gasteiger partial charge >= 0.3 is 0 Å². The Balaban J connectivity index is 1.64. The van der Waals surface area contributed by atoms with Gasteiger partial charge in [0.2, 0.25) is 0 Å². The van der Waals surface area contributed by atoms with E-state index in [1.807, 2.05) is 27.7 Å². The fraction of sp³-hybridized carbons (Fsp3) is 0.474. The van der Waals surface area contributed by atoms with Crippen molar-refractivity contribution in [3.63, 3.8) is 0 Å². The number of carbonyl (C=O) groups excluding carboxylic acids is 1. The largest absolute Gasteiger partial charge is 0.385 e. The third kappa shape index (κ3) is 4.00. The molecular formula is C19H26N6O2. The molecule has 0 fully saturated rings. The van der Waals surface area contributed by atoms with Gasteiger partial charge in [0.15, 0.2) is 11.5 Å². The van der Waals surface area contributed by atoms with Crippen molar-refractivity contribution in [2.75, 3.05) is 6.54 Å². The maximum atomic E-state index is 12.5. The lowest BCUT2D eigenvalue weighted by Crippen LogP contribution is -2.25. The number of pyridine rings is 1. The second-order valence-corrected chi connectivity index (χ2v) is 7.17. The number of aliphatic hydroxyl groups is 1. The van der Waals surface area contributed by atoms with Crippen LogP contribution >= 0.6 is 0 Å². The van der Waals surface area contributed by atoms with Crippen molar-refractivity contribution in [1.29, 1.82) is 0 Å². The fourth-order valence-electron chi connectivity index (χ4n) is 3.05. The first-order valence-electron chi connectivity index (χ1n) is 9.20. The van der Waals surface area contributed by atoms with Crippen molar-refractivity contribution in [2.24, 2.45) is 5.92 Å². The van der Waals surface area contributed by atoms with Crippen LogP contribution in [0.15, 0.2) is 18.3 Å². The van der Waals surface area contributed by atoms with Gasteiger partial charge in [-0.05, 0) is 50.3 Å². The zero-order chi connectivity index (χ0) is 19.6. The quantitative estimate of drug-likeness (QED) is 0.552. The van der Waals surface area contributed by atoms with Gasteiger partial charge < -0.3 is 10.4 Å². The summed E-state index contributed by atoms with van der Waals surface area (Å²) in [5.74, 6) is 0.293. The molecule has 3 N–H and O–H groups in total. The minimum absolute atomic E-state index is 0.00437. The molecule has 0 radical (unpaired) electrons. The lowest BCUT2D eigenvalue weighted by molar-refractivity contribution is 0.0952. The Morgan fingerprint density at radius 2 is 2.07 bits per heavy atom. The molecule has 0 saturated carbocycles. The van der Waals surface area contributed by atoms with E-state index in [1.54, 1.807) is 22.7 Å². The number of rotatable bonds is 7. The molecule has 1 unspecified atom stereocenters. The zero-order valence-corrected chi connectivity index (χ0v) is 16.2. The molecule has 0 bridgehead atoms. The molecule has 0 aromatic carbocycles. The minimum Gasteiger partial charge on any atom is -0.385 e. The highest BCUT2D eigenvalue weighted by molar-refractivity contribution is 5.94. The van der Waals surface area contributed by atoms with Crippen LogP contribution in [0.5, 0.6) is 0 Å². The monoisotopic (exact) mass is 370 g/mol. The van der Waals surface area contributed by atoms with E-state index in [-0.39, 0.29) is 11.8 Å². The average Bonchev–Trinajstić information content (AvgIpc) is 3.21. The highest BCUT2D eigenvalue weighted by atomic mass is 16.3. The van der Waals surface area contributed by atoms with Gasteiger partial charge in [0.25, 0.3) is 5.91 Å². The number of nitrogens with one attached hydrogen (secondary N) is 2. The second-order valence-electron chi connectivity index (χ2n) is 7.17. The number of aliphatic hydroxyl groups excluding tert-OH is 1. The van der Waals surface area contributed by atoms with Gasteiger partial charge in [-0.25, -0.2) is 0 Å². The molecule has 0 aliphatic carbocycles. The molecule has 8 heteroatoms. The molecule has 0 aliphatic rings. The molecule has 144 valence electrons. The summed E-state index contributed by atoms with van der Waals surface area (Å²) < 4.78 is 1.68. The summed E-state index contributed by atoms with van der Waals surface area (Å²) >= 11 is 0. The molecule has 1 atom stereocenters. The Morgan fingerprint density at radius 3 is 2.74 bits per heavy atom. The summed E-state index contributed by atoms with van der Waals surface area (Å²) in [6.45, 7) is 8.38. The summed E-state index contributed by atoms with van der Waals surface area (Å²) in [5, 5.41) is 28.5. The smallest absolute Gasteiger partial charge is 0.252 e. The molecule has 3 heterocycles. The van der Waals surface area contributed by atoms with Crippen molar-refractivity contribution in [2.45, 2.75) is 46.6 Å². The molecule has 3 aromatic heterocycles. The Kier molecular flexibility index (Phi) is 5.55. The number of aryl methyl sites for hydroxylation is 2. The van der Waals surface area contributed by atoms with Crippen LogP contribution in [-0.2, 0) is 6.42 Å². The van der Waals surface area contributed by atoms with E-state index >= 15 is 0 Å². The van der Waals surface area contributed by atoms with Gasteiger partial charge in [0.1, 0.15) is 6.10 Å². The van der Waals surface area contributed by atoms with Gasteiger partial charge in [0.05, 0.1) is 11.3 Å². The number of H-pyrrole nitrogens is 1. The molecule has 3 rings (SSSR count). The van der Waals surface area contributed by atoms with E-state index in [4.69, 9.17) is 0 Å². The van der Waals surface area contributed by atoms with Crippen LogP contribution in [0.3, 0.4) is 0 Å². The van der Waals surface area contributed by atoms with Crippen LogP contribution in [0.2, 0.25) is 0 Å². The molecule has 1 amide bonds. The second kappa shape index (κ2) is 7.87. The average molecular weight is 370 g/mol. The maximum absolute atomic E-state index is 12.5. The summed E-state index contributed by atoms with van der Waals surface area (Å²) in [5.41, 5.74) is 4.41. The van der Waals surface area contributed by atoms with E-state index in [1.165, 1.54) is 5.56 Å². The SMILES string of the molecule is Cc1n[nH]c(C)c1CCCNC(=O)c1ccc2nnc(C(O)C(C)C)n2c1. The van der Waals surface area contributed by atoms with Crippen molar-refractivity contribution >= 4 is 11.6 Å². The highest BCUT2D eigenvalue weighted by Gasteiger charge is 2.19. The Labute approximate surface area is 158 Å². The molecule has 8 nitrogen and oxygen atoms in total. The number of aromatic nitrogens is 5. The Bertz CT molecular complexity index is 923. The van der Waals surface area contributed by atoms with E-state index in [0.29, 0.717) is 23.6 Å². The molecule has 0 spiro atoms. The first kappa shape index (κ1) is 19.0. The third-order valence-electron chi connectivity index (χ3n) is 4.76. The van der Waals surface area contributed by atoms with Crippen LogP contribution in [-0.4, -0.2) is 42.4 Å². The number of hydrogen-bond donors (Lipinski definition) is 3. The molecule has 27 heavy (non-hydrogen) atoms. The van der Waals surface area contributed by atoms with E-state index in [2.05, 4.69) is 25.7 Å². The summed E-state index contributed by atoms with van der Waals surface area (Å²) in [4.78, 5) is 12.5. The zero-order valence-electron chi connectivity index (χ0n) is 16.2. The lowest BCUT2D eigenvalue weighted by atomic mass is 10.1. The summed E-state index contributed by atoms with van der Waals surface area (Å²) in [7, 11) is 0. The summed E-state index contributed by atoms with van der Waals surface area (Å²) in [6.07, 6.45) is 2.64. The van der Waals surface area contributed by atoms with Crippen LogP contribution in [0.25, 0.3) is 5.65 Å². The number of nitrogens with zero attached hydrogens (tertiary/aromatic N) is 4. The third-order valence-corrected chi connectivity index (χ3v) is 4.76. The van der Waals surface area contributed by atoms with Gasteiger partial charge in [-0.2, -0.15) is 5.10 Å². The number of aromatic amines is 1. The van der Waals surface area contributed by atoms with Crippen molar-refractivity contribution in [1.82, 2.24) is 30.1 Å². The van der Waals surface area contributed by atoms with Crippen molar-refractivity contribution < 1.29 is 9.90 Å². The number of fused-ring (bicyclic) bond motifs is 1. The molecule has 0 saturated heterocycles. The fourth-order valence-corrected chi connectivity index (χ4v) is 3.05. The standard InChI is InChI=1S/C19H26N6O2/c1-11(2)17(26)18-24-23-16-8-7-14(10-25(16)18)19(27)20-9-5-6-15-12(3)21-22-13(15)4/h7-8,10-11,17,26H,5-6,9H2,1-4H3,(H,20,27)(H,21,22). The highest BCUT2D eigenvalue weighted by Crippen LogP contribution is 2.20. The van der Waals surface area contributed by atoms with Crippen LogP contribution < -0.4 is 5.32 Å². The van der Waals surface area contributed by atoms with Gasteiger partial charge in [-0.15, -0.1) is 10.2 Å². The first-order chi connectivity index (χ1) is 12.9. The van der Waals surface area contributed by atoms with Gasteiger partial charge in [0, 0.05) is 18.4 Å². The van der Waals surface area contributed by atoms with Crippen molar-refractivity contribution in [3.05, 3.63) is 46.7 Å². The molecular weight excluding hydrogens is 344 g/mol. The molecule has 3 aromatic rings. The Morgan fingerprint density at radius 1 is 1.30 bits per heavy atom. The van der Waals surface area contributed by atoms with Gasteiger partial charge in [-0.3, -0.25) is 14.3 Å². The number of carbonyl (C=O) groups is 1. The van der Waals surface area contributed by atoms with Crippen LogP contribution in [0.4, 0.5) is 0 Å². The van der Waals surface area contributed by atoms with E-state index in [9.17, 15) is 9.90 Å². The van der Waals surface area contributed by atoms with Gasteiger partial charge in [-0.1, -0.05) is 13.8 Å². The van der Waals surface area contributed by atoms with E-state index < -0.39 is 6.10 Å². The van der Waals surface area contributed by atoms with E-state index in [0.717, 1.165) is 24.2 Å². The van der Waals surface area contributed by atoms with Crippen LogP contribution in [0, 0.1) is 19.8 Å². The Hall–Kier alpha value is -2.74. The van der Waals surface area contributed by atoms with Crippen LogP contribution in [0.1, 0.15) is 59.5 Å². The predicted octanol–water partition coefficient (Wildman–Crippen LogP) is 2.12. The topological polar surface area (TPSA) is 108 Å². The minimum atomic E-state index is -0.736. The normalized spacial score (nSPS) is 12.7. The molecule has 0 aliphatic heterocycles. The number of hydrogen-bond acceptors (Lipinski definition) is 5. The van der Waals surface area contributed by atoms with Crippen molar-refractivity contribution in [3.8, 4) is 0 Å². The number of amides is 1. The first-order valence-corrected chi connectivity index (χ1v) is 9.20. The summed E-state index contributed by atoms with van der Waals surface area (Å²) in [6, 6.07) is 3.45. The maximum Gasteiger partial charge on any atom is 0.252 e. The lowest BCUT2D eigenvalue weighted by Gasteiger charge is -2.12. The predicted molar refractivity (Wildman–Crippen MR) is 102 cm³/mol.